The quantitative estimate of drug-likeness (QED) is 0.827. The largest absolute Gasteiger partial charge is 0.398 e. The molecule has 2 aromatic rings. The van der Waals surface area contributed by atoms with Gasteiger partial charge >= 0.3 is 0 Å². The number of anilines is 1. The Hall–Kier alpha value is -2.30. The molecule has 18 heavy (non-hydrogen) atoms. The first-order valence-electron chi connectivity index (χ1n) is 5.66. The molecule has 1 aromatic heterocycles. The number of nitrogens with two attached hydrogens (primary N) is 1. The topological polar surface area (TPSA) is 64.2 Å². The number of aryl methyl sites for hydroxylation is 1. The number of benzene rings is 1. The summed E-state index contributed by atoms with van der Waals surface area (Å²) in [5, 5.41) is 3.99. The van der Waals surface area contributed by atoms with Crippen molar-refractivity contribution in [2.75, 3.05) is 12.8 Å². The van der Waals surface area contributed by atoms with Gasteiger partial charge in [-0.25, -0.2) is 0 Å². The third kappa shape index (κ3) is 2.34. The van der Waals surface area contributed by atoms with Crippen LogP contribution in [-0.2, 0) is 13.6 Å². The Bertz CT molecular complexity index is 562. The highest BCUT2D eigenvalue weighted by molar-refractivity contribution is 5.92. The summed E-state index contributed by atoms with van der Waals surface area (Å²) < 4.78 is 1.56. The second-order valence-corrected chi connectivity index (χ2v) is 4.20. The molecular weight excluding hydrogens is 228 g/mol. The van der Waals surface area contributed by atoms with Crippen molar-refractivity contribution < 1.29 is 4.79 Å². The molecule has 0 saturated carbocycles. The van der Waals surface area contributed by atoms with Crippen molar-refractivity contribution in [3.63, 3.8) is 0 Å². The van der Waals surface area contributed by atoms with Crippen LogP contribution in [0.15, 0.2) is 36.5 Å². The summed E-state index contributed by atoms with van der Waals surface area (Å²) in [6, 6.07) is 9.24. The van der Waals surface area contributed by atoms with E-state index in [0.717, 1.165) is 5.56 Å². The SMILES string of the molecule is CN(Cc1ccccc1N)C(=O)c1ccnn1C. The third-order valence-corrected chi connectivity index (χ3v) is 2.85. The molecule has 2 N–H and O–H groups in total. The lowest BCUT2D eigenvalue weighted by atomic mass is 10.1. The van der Waals surface area contributed by atoms with Crippen LogP contribution in [0.3, 0.4) is 0 Å². The number of amides is 1. The predicted molar refractivity (Wildman–Crippen MR) is 69.9 cm³/mol. The summed E-state index contributed by atoms with van der Waals surface area (Å²) in [6.45, 7) is 0.483. The zero-order chi connectivity index (χ0) is 13.1. The first-order chi connectivity index (χ1) is 8.59. The Kier molecular flexibility index (Phi) is 3.32. The fourth-order valence-corrected chi connectivity index (χ4v) is 1.78. The minimum Gasteiger partial charge on any atom is -0.398 e. The third-order valence-electron chi connectivity index (χ3n) is 2.85. The van der Waals surface area contributed by atoms with Gasteiger partial charge in [0.1, 0.15) is 5.69 Å². The van der Waals surface area contributed by atoms with Gasteiger partial charge in [0, 0.05) is 32.5 Å². The lowest BCUT2D eigenvalue weighted by Crippen LogP contribution is -2.28. The Labute approximate surface area is 106 Å². The lowest BCUT2D eigenvalue weighted by Gasteiger charge is -2.18. The number of aromatic nitrogens is 2. The van der Waals surface area contributed by atoms with E-state index in [1.165, 1.54) is 0 Å². The zero-order valence-electron chi connectivity index (χ0n) is 10.5. The number of nitrogen functional groups attached to an aromatic ring is 1. The second-order valence-electron chi connectivity index (χ2n) is 4.20. The van der Waals surface area contributed by atoms with Crippen LogP contribution in [0.4, 0.5) is 5.69 Å². The number of para-hydroxylation sites is 1. The van der Waals surface area contributed by atoms with Gasteiger partial charge in [-0.2, -0.15) is 5.10 Å². The van der Waals surface area contributed by atoms with Gasteiger partial charge in [0.25, 0.3) is 5.91 Å². The fraction of sp³-hybridized carbons (Fsp3) is 0.231. The first kappa shape index (κ1) is 12.2. The molecule has 5 heteroatoms. The van der Waals surface area contributed by atoms with Crippen molar-refractivity contribution in [2.24, 2.45) is 7.05 Å². The lowest BCUT2D eigenvalue weighted by molar-refractivity contribution is 0.0774. The van der Waals surface area contributed by atoms with Gasteiger partial charge in [0.05, 0.1) is 0 Å². The molecule has 1 aromatic carbocycles. The van der Waals surface area contributed by atoms with E-state index in [0.29, 0.717) is 17.9 Å². The molecular formula is C13H16N4O. The van der Waals surface area contributed by atoms with Crippen molar-refractivity contribution >= 4 is 11.6 Å². The van der Waals surface area contributed by atoms with E-state index in [-0.39, 0.29) is 5.91 Å². The van der Waals surface area contributed by atoms with Crippen LogP contribution in [0.5, 0.6) is 0 Å². The highest BCUT2D eigenvalue weighted by Crippen LogP contribution is 2.14. The van der Waals surface area contributed by atoms with E-state index in [4.69, 9.17) is 5.73 Å². The van der Waals surface area contributed by atoms with Crippen molar-refractivity contribution in [1.29, 1.82) is 0 Å². The monoisotopic (exact) mass is 244 g/mol. The number of carbonyl (C=O) groups excluding carboxylic acids is 1. The molecule has 0 atom stereocenters. The smallest absolute Gasteiger partial charge is 0.272 e. The van der Waals surface area contributed by atoms with E-state index >= 15 is 0 Å². The van der Waals surface area contributed by atoms with Gasteiger partial charge in [-0.05, 0) is 17.7 Å². The van der Waals surface area contributed by atoms with E-state index in [1.807, 2.05) is 24.3 Å². The molecule has 2 rings (SSSR count). The van der Waals surface area contributed by atoms with E-state index in [9.17, 15) is 4.79 Å². The zero-order valence-corrected chi connectivity index (χ0v) is 10.5. The van der Waals surface area contributed by atoms with Crippen LogP contribution in [0.25, 0.3) is 0 Å². The molecule has 0 fully saturated rings. The number of rotatable bonds is 3. The Balaban J connectivity index is 2.14. The Morgan fingerprint density at radius 3 is 2.72 bits per heavy atom. The molecule has 1 amide bonds. The Morgan fingerprint density at radius 1 is 1.39 bits per heavy atom. The molecule has 0 spiro atoms. The maximum absolute atomic E-state index is 12.2. The molecule has 1 heterocycles. The summed E-state index contributed by atoms with van der Waals surface area (Å²) >= 11 is 0. The van der Waals surface area contributed by atoms with E-state index in [1.54, 1.807) is 35.9 Å². The molecule has 0 aliphatic carbocycles. The minimum absolute atomic E-state index is 0.0711. The number of carbonyl (C=O) groups is 1. The molecule has 0 aliphatic heterocycles. The summed E-state index contributed by atoms with van der Waals surface area (Å²) in [5.41, 5.74) is 8.06. The summed E-state index contributed by atoms with van der Waals surface area (Å²) in [4.78, 5) is 13.8. The van der Waals surface area contributed by atoms with Crippen LogP contribution >= 0.6 is 0 Å². The van der Waals surface area contributed by atoms with Crippen LogP contribution < -0.4 is 5.73 Å². The van der Waals surface area contributed by atoms with Crippen LogP contribution in [0.2, 0.25) is 0 Å². The van der Waals surface area contributed by atoms with Gasteiger partial charge in [-0.1, -0.05) is 18.2 Å². The predicted octanol–water partition coefficient (Wildman–Crippen LogP) is 1.27. The van der Waals surface area contributed by atoms with Crippen molar-refractivity contribution in [3.8, 4) is 0 Å². The maximum atomic E-state index is 12.2. The number of hydrogen-bond donors (Lipinski definition) is 1. The van der Waals surface area contributed by atoms with Gasteiger partial charge in [-0.15, -0.1) is 0 Å². The van der Waals surface area contributed by atoms with E-state index < -0.39 is 0 Å². The van der Waals surface area contributed by atoms with Gasteiger partial charge in [-0.3, -0.25) is 9.48 Å². The number of hydrogen-bond acceptors (Lipinski definition) is 3. The summed E-state index contributed by atoms with van der Waals surface area (Å²) in [5.74, 6) is -0.0711. The van der Waals surface area contributed by atoms with Gasteiger partial charge < -0.3 is 10.6 Å². The molecule has 94 valence electrons. The number of nitrogens with zero attached hydrogens (tertiary/aromatic N) is 3. The van der Waals surface area contributed by atoms with Gasteiger partial charge in [0.15, 0.2) is 0 Å². The standard InChI is InChI=1S/C13H16N4O/c1-16(9-10-5-3-4-6-11(10)14)13(18)12-7-8-15-17(12)2/h3-8H,9,14H2,1-2H3. The molecule has 5 nitrogen and oxygen atoms in total. The second kappa shape index (κ2) is 4.91. The van der Waals surface area contributed by atoms with Crippen molar-refractivity contribution in [1.82, 2.24) is 14.7 Å². The average Bonchev–Trinajstić information content (AvgIpc) is 2.77. The van der Waals surface area contributed by atoms with E-state index in [2.05, 4.69) is 5.10 Å². The first-order valence-corrected chi connectivity index (χ1v) is 5.66. The summed E-state index contributed by atoms with van der Waals surface area (Å²) in [6.07, 6.45) is 1.61. The van der Waals surface area contributed by atoms with Crippen molar-refractivity contribution in [3.05, 3.63) is 47.8 Å². The normalized spacial score (nSPS) is 10.3. The Morgan fingerprint density at radius 2 is 2.11 bits per heavy atom. The molecule has 0 bridgehead atoms. The fourth-order valence-electron chi connectivity index (χ4n) is 1.78. The van der Waals surface area contributed by atoms with Crippen LogP contribution in [0.1, 0.15) is 16.1 Å². The van der Waals surface area contributed by atoms with Crippen LogP contribution in [-0.4, -0.2) is 27.6 Å². The summed E-state index contributed by atoms with van der Waals surface area (Å²) in [7, 11) is 3.50. The molecule has 0 aliphatic rings. The molecule has 0 unspecified atom stereocenters. The highest BCUT2D eigenvalue weighted by Gasteiger charge is 2.15. The molecule has 0 saturated heterocycles. The van der Waals surface area contributed by atoms with Crippen LogP contribution in [0, 0.1) is 0 Å². The average molecular weight is 244 g/mol. The maximum Gasteiger partial charge on any atom is 0.272 e. The van der Waals surface area contributed by atoms with Gasteiger partial charge in [0.2, 0.25) is 0 Å². The minimum atomic E-state index is -0.0711. The molecule has 0 radical (unpaired) electrons. The van der Waals surface area contributed by atoms with Crippen molar-refractivity contribution in [2.45, 2.75) is 6.54 Å². The highest BCUT2D eigenvalue weighted by atomic mass is 16.2.